The van der Waals surface area contributed by atoms with Crippen molar-refractivity contribution in [2.24, 2.45) is 0 Å². The zero-order valence-electron chi connectivity index (χ0n) is 11.6. The van der Waals surface area contributed by atoms with Crippen molar-refractivity contribution < 1.29 is 14.3 Å². The summed E-state index contributed by atoms with van der Waals surface area (Å²) in [4.78, 5) is 27.2. The topological polar surface area (TPSA) is 94.3 Å². The first-order chi connectivity index (χ1) is 8.69. The van der Waals surface area contributed by atoms with E-state index in [4.69, 9.17) is 10.5 Å². The third-order valence-electron chi connectivity index (χ3n) is 2.10. The number of pyridine rings is 1. The van der Waals surface area contributed by atoms with Crippen LogP contribution in [0, 0.1) is 0 Å². The second-order valence-corrected chi connectivity index (χ2v) is 5.25. The first kappa shape index (κ1) is 14.9. The van der Waals surface area contributed by atoms with Crippen LogP contribution in [-0.4, -0.2) is 22.4 Å². The van der Waals surface area contributed by atoms with Gasteiger partial charge in [0.05, 0.1) is 17.6 Å². The second-order valence-electron chi connectivity index (χ2n) is 5.25. The zero-order valence-corrected chi connectivity index (χ0v) is 11.6. The summed E-state index contributed by atoms with van der Waals surface area (Å²) >= 11 is 0. The number of hydrogen-bond donors (Lipinski definition) is 2. The number of nitrogen functional groups attached to an aromatic ring is 1. The number of nitrogens with two attached hydrogens (primary N) is 1. The Balaban J connectivity index is 2.97. The van der Waals surface area contributed by atoms with E-state index in [1.54, 1.807) is 12.1 Å². The van der Waals surface area contributed by atoms with E-state index in [0.717, 1.165) is 0 Å². The molecule has 1 amide bonds. The van der Waals surface area contributed by atoms with Crippen molar-refractivity contribution in [2.75, 3.05) is 5.73 Å². The van der Waals surface area contributed by atoms with Crippen LogP contribution in [-0.2, 0) is 14.3 Å². The largest absolute Gasteiger partial charge is 0.446 e. The fourth-order valence-corrected chi connectivity index (χ4v) is 1.42. The molecule has 19 heavy (non-hydrogen) atoms. The fourth-order valence-electron chi connectivity index (χ4n) is 1.42. The van der Waals surface area contributed by atoms with E-state index in [0.29, 0.717) is 11.4 Å². The highest BCUT2D eigenvalue weighted by Crippen LogP contribution is 2.18. The normalized spacial score (nSPS) is 12.6. The SMILES string of the molecule is CC(=O)OC(C(=O)NC(C)(C)C)c1ccc(N)cn1. The first-order valence-corrected chi connectivity index (χ1v) is 5.90. The molecular weight excluding hydrogens is 246 g/mol. The van der Waals surface area contributed by atoms with E-state index >= 15 is 0 Å². The predicted molar refractivity (Wildman–Crippen MR) is 71.1 cm³/mol. The molecule has 1 rings (SSSR count). The van der Waals surface area contributed by atoms with Crippen LogP contribution in [0.3, 0.4) is 0 Å². The van der Waals surface area contributed by atoms with Gasteiger partial charge in [0.25, 0.3) is 5.91 Å². The van der Waals surface area contributed by atoms with Crippen molar-refractivity contribution in [3.05, 3.63) is 24.0 Å². The Morgan fingerprint density at radius 1 is 1.37 bits per heavy atom. The van der Waals surface area contributed by atoms with Crippen molar-refractivity contribution >= 4 is 17.6 Å². The Morgan fingerprint density at radius 3 is 2.42 bits per heavy atom. The monoisotopic (exact) mass is 265 g/mol. The lowest BCUT2D eigenvalue weighted by Gasteiger charge is -2.24. The number of hydrogen-bond acceptors (Lipinski definition) is 5. The maximum absolute atomic E-state index is 12.1. The van der Waals surface area contributed by atoms with Crippen LogP contribution in [0.4, 0.5) is 5.69 Å². The molecule has 0 aliphatic rings. The molecule has 104 valence electrons. The molecule has 0 aromatic carbocycles. The van der Waals surface area contributed by atoms with Gasteiger partial charge in [0.1, 0.15) is 0 Å². The number of carbonyl (C=O) groups excluding carboxylic acids is 2. The molecule has 0 fully saturated rings. The molecule has 0 aliphatic carbocycles. The van der Waals surface area contributed by atoms with E-state index < -0.39 is 23.5 Å². The molecule has 1 heterocycles. The summed E-state index contributed by atoms with van der Waals surface area (Å²) in [5.41, 5.74) is 5.92. The van der Waals surface area contributed by atoms with Crippen molar-refractivity contribution in [3.63, 3.8) is 0 Å². The van der Waals surface area contributed by atoms with Crippen LogP contribution in [0.2, 0.25) is 0 Å². The number of amides is 1. The maximum Gasteiger partial charge on any atom is 0.303 e. The molecule has 1 aromatic heterocycles. The highest BCUT2D eigenvalue weighted by atomic mass is 16.5. The van der Waals surface area contributed by atoms with E-state index in [2.05, 4.69) is 10.3 Å². The molecule has 1 atom stereocenters. The Morgan fingerprint density at radius 2 is 2.00 bits per heavy atom. The number of aromatic nitrogens is 1. The Kier molecular flexibility index (Phi) is 4.47. The van der Waals surface area contributed by atoms with Gasteiger partial charge in [-0.15, -0.1) is 0 Å². The number of rotatable bonds is 3. The summed E-state index contributed by atoms with van der Waals surface area (Å²) in [7, 11) is 0. The molecule has 0 radical (unpaired) electrons. The van der Waals surface area contributed by atoms with E-state index in [1.165, 1.54) is 13.1 Å². The molecule has 0 spiro atoms. The van der Waals surface area contributed by atoms with Gasteiger partial charge in [-0.1, -0.05) is 0 Å². The minimum absolute atomic E-state index is 0.339. The van der Waals surface area contributed by atoms with Crippen molar-refractivity contribution in [2.45, 2.75) is 39.3 Å². The van der Waals surface area contributed by atoms with Crippen LogP contribution in [0.5, 0.6) is 0 Å². The average molecular weight is 265 g/mol. The van der Waals surface area contributed by atoms with Gasteiger partial charge in [-0.3, -0.25) is 14.6 Å². The zero-order chi connectivity index (χ0) is 14.6. The summed E-state index contributed by atoms with van der Waals surface area (Å²) in [6.07, 6.45) is 0.341. The highest BCUT2D eigenvalue weighted by Gasteiger charge is 2.28. The van der Waals surface area contributed by atoms with E-state index in [1.807, 2.05) is 20.8 Å². The molecule has 6 heteroatoms. The molecule has 1 aromatic rings. The van der Waals surface area contributed by atoms with Crippen LogP contribution in [0.25, 0.3) is 0 Å². The summed E-state index contributed by atoms with van der Waals surface area (Å²) < 4.78 is 5.03. The van der Waals surface area contributed by atoms with Crippen molar-refractivity contribution in [3.8, 4) is 0 Å². The molecule has 3 N–H and O–H groups in total. The minimum atomic E-state index is -1.07. The number of anilines is 1. The summed E-state index contributed by atoms with van der Waals surface area (Å²) in [6.45, 7) is 6.76. The quantitative estimate of drug-likeness (QED) is 0.800. The van der Waals surface area contributed by atoms with Crippen molar-refractivity contribution in [1.29, 1.82) is 0 Å². The molecule has 6 nitrogen and oxygen atoms in total. The summed E-state index contributed by atoms with van der Waals surface area (Å²) in [6, 6.07) is 3.16. The van der Waals surface area contributed by atoms with Gasteiger partial charge in [-0.25, -0.2) is 0 Å². The average Bonchev–Trinajstić information content (AvgIpc) is 2.24. The van der Waals surface area contributed by atoms with E-state index in [9.17, 15) is 9.59 Å². The standard InChI is InChI=1S/C13H19N3O3/c1-8(17)19-11(12(18)16-13(2,3)4)10-6-5-9(14)7-15-10/h5-7,11H,14H2,1-4H3,(H,16,18). The van der Waals surface area contributed by atoms with Gasteiger partial charge in [-0.05, 0) is 32.9 Å². The Labute approximate surface area is 112 Å². The number of esters is 1. The lowest BCUT2D eigenvalue weighted by molar-refractivity contribution is -0.155. The number of nitrogens with one attached hydrogen (secondary N) is 1. The van der Waals surface area contributed by atoms with Crippen molar-refractivity contribution in [1.82, 2.24) is 10.3 Å². The van der Waals surface area contributed by atoms with Crippen LogP contribution < -0.4 is 11.1 Å². The van der Waals surface area contributed by atoms with Gasteiger partial charge >= 0.3 is 5.97 Å². The van der Waals surface area contributed by atoms with Crippen LogP contribution in [0.1, 0.15) is 39.5 Å². The second kappa shape index (κ2) is 5.69. The minimum Gasteiger partial charge on any atom is -0.446 e. The predicted octanol–water partition coefficient (Wildman–Crippen LogP) is 1.18. The lowest BCUT2D eigenvalue weighted by Crippen LogP contribution is -2.44. The summed E-state index contributed by atoms with van der Waals surface area (Å²) in [5, 5.41) is 2.75. The van der Waals surface area contributed by atoms with Gasteiger partial charge in [0.15, 0.2) is 0 Å². The third kappa shape index (κ3) is 4.95. The lowest BCUT2D eigenvalue weighted by atomic mass is 10.1. The van der Waals surface area contributed by atoms with Gasteiger partial charge in [0.2, 0.25) is 6.10 Å². The molecule has 1 unspecified atom stereocenters. The number of ether oxygens (including phenoxy) is 1. The molecule has 0 bridgehead atoms. The Bertz CT molecular complexity index is 463. The van der Waals surface area contributed by atoms with Gasteiger partial charge < -0.3 is 15.8 Å². The summed E-state index contributed by atoms with van der Waals surface area (Å²) in [5.74, 6) is -0.965. The van der Waals surface area contributed by atoms with Gasteiger partial charge in [0, 0.05) is 12.5 Å². The van der Waals surface area contributed by atoms with Crippen LogP contribution >= 0.6 is 0 Å². The molecule has 0 saturated carbocycles. The highest BCUT2D eigenvalue weighted by molar-refractivity contribution is 5.84. The van der Waals surface area contributed by atoms with E-state index in [-0.39, 0.29) is 0 Å². The first-order valence-electron chi connectivity index (χ1n) is 5.90. The molecule has 0 saturated heterocycles. The maximum atomic E-state index is 12.1. The number of carbonyl (C=O) groups is 2. The van der Waals surface area contributed by atoms with Gasteiger partial charge in [-0.2, -0.15) is 0 Å². The fraction of sp³-hybridized carbons (Fsp3) is 0.462. The Hall–Kier alpha value is -2.11. The third-order valence-corrected chi connectivity index (χ3v) is 2.10. The van der Waals surface area contributed by atoms with Crippen LogP contribution in [0.15, 0.2) is 18.3 Å². The number of nitrogens with zero attached hydrogens (tertiary/aromatic N) is 1. The molecular formula is C13H19N3O3. The molecule has 0 aliphatic heterocycles. The smallest absolute Gasteiger partial charge is 0.303 e.